The molecule has 5 heteroatoms. The van der Waals surface area contributed by atoms with Crippen LogP contribution in [0.15, 0.2) is 90.2 Å². The number of aromatic nitrogens is 1. The number of rotatable bonds is 5. The summed E-state index contributed by atoms with van der Waals surface area (Å²) in [5.74, 6) is 0.334. The van der Waals surface area contributed by atoms with Crippen molar-refractivity contribution in [2.24, 2.45) is 5.10 Å². The van der Waals surface area contributed by atoms with Gasteiger partial charge in [0.1, 0.15) is 5.75 Å². The number of nitrogens with one attached hydrogen (secondary N) is 1. The molecule has 1 N–H and O–H groups in total. The van der Waals surface area contributed by atoms with Crippen molar-refractivity contribution in [2.45, 2.75) is 0 Å². The lowest BCUT2D eigenvalue weighted by Gasteiger charge is -2.08. The number of amides is 1. The number of ether oxygens (including phenoxy) is 1. The van der Waals surface area contributed by atoms with Crippen LogP contribution >= 0.6 is 0 Å². The van der Waals surface area contributed by atoms with E-state index in [-0.39, 0.29) is 5.91 Å². The van der Waals surface area contributed by atoms with Crippen LogP contribution in [0.3, 0.4) is 0 Å². The van der Waals surface area contributed by atoms with Crippen molar-refractivity contribution in [3.63, 3.8) is 0 Å². The molecule has 1 heterocycles. The molecule has 138 valence electrons. The maximum atomic E-state index is 12.3. The molecule has 0 spiro atoms. The third-order valence-corrected chi connectivity index (χ3v) is 4.49. The summed E-state index contributed by atoms with van der Waals surface area (Å²) in [7, 11) is 1.57. The normalized spacial score (nSPS) is 11.0. The Morgan fingerprint density at radius 3 is 2.68 bits per heavy atom. The minimum absolute atomic E-state index is 0.293. The molecule has 0 radical (unpaired) electrons. The largest absolute Gasteiger partial charge is 0.497 e. The van der Waals surface area contributed by atoms with Gasteiger partial charge in [0.25, 0.3) is 5.91 Å². The molecule has 0 aliphatic carbocycles. The zero-order valence-corrected chi connectivity index (χ0v) is 15.4. The number of hydrazone groups is 1. The molecule has 0 aliphatic heterocycles. The van der Waals surface area contributed by atoms with Gasteiger partial charge in [-0.2, -0.15) is 5.10 Å². The highest BCUT2D eigenvalue weighted by Gasteiger charge is 2.06. The van der Waals surface area contributed by atoms with E-state index in [9.17, 15) is 4.79 Å². The standard InChI is InChI=1S/C23H19N3O2/c1-28-22-10-4-8-19(15-22)23(27)25-24-16-21-9-5-13-26(21)20-12-11-17-6-2-3-7-18(17)14-20/h2-16H,1H3,(H,25,27)/b24-16+. The predicted octanol–water partition coefficient (Wildman–Crippen LogP) is 4.40. The van der Waals surface area contributed by atoms with Gasteiger partial charge in [0.2, 0.25) is 0 Å². The number of carbonyl (C=O) groups excluding carboxylic acids is 1. The van der Waals surface area contributed by atoms with Crippen LogP contribution in [0.2, 0.25) is 0 Å². The molecule has 4 rings (SSSR count). The number of hydrogen-bond acceptors (Lipinski definition) is 3. The van der Waals surface area contributed by atoms with E-state index in [2.05, 4.69) is 40.9 Å². The van der Waals surface area contributed by atoms with Crippen LogP contribution in [-0.2, 0) is 0 Å². The molecule has 0 saturated heterocycles. The number of hydrogen-bond donors (Lipinski definition) is 1. The number of benzene rings is 3. The third kappa shape index (κ3) is 3.64. The van der Waals surface area contributed by atoms with Crippen LogP contribution in [0.1, 0.15) is 16.1 Å². The summed E-state index contributed by atoms with van der Waals surface area (Å²) in [6.45, 7) is 0. The lowest BCUT2D eigenvalue weighted by Crippen LogP contribution is -2.17. The molecule has 0 unspecified atom stereocenters. The Bertz CT molecular complexity index is 1160. The summed E-state index contributed by atoms with van der Waals surface area (Å²) in [5, 5.41) is 6.47. The Kier molecular flexibility index (Phi) is 4.89. The average Bonchev–Trinajstić information content (AvgIpc) is 3.22. The maximum absolute atomic E-state index is 12.3. The van der Waals surface area contributed by atoms with Gasteiger partial charge in [-0.25, -0.2) is 5.43 Å². The van der Waals surface area contributed by atoms with Crippen LogP contribution in [0.25, 0.3) is 16.5 Å². The molecule has 4 aromatic rings. The van der Waals surface area contributed by atoms with Crippen LogP contribution in [-0.4, -0.2) is 23.8 Å². The summed E-state index contributed by atoms with van der Waals surface area (Å²) in [6, 6.07) is 25.3. The first-order chi connectivity index (χ1) is 13.7. The first kappa shape index (κ1) is 17.5. The quantitative estimate of drug-likeness (QED) is 0.419. The smallest absolute Gasteiger partial charge is 0.271 e. The maximum Gasteiger partial charge on any atom is 0.271 e. The Balaban J connectivity index is 1.53. The molecule has 1 amide bonds. The Morgan fingerprint density at radius 1 is 0.964 bits per heavy atom. The minimum Gasteiger partial charge on any atom is -0.497 e. The van der Waals surface area contributed by atoms with E-state index in [0.29, 0.717) is 11.3 Å². The number of nitrogens with zero attached hydrogens (tertiary/aromatic N) is 2. The zero-order chi connectivity index (χ0) is 19.3. The fraction of sp³-hybridized carbons (Fsp3) is 0.0435. The van der Waals surface area contributed by atoms with Gasteiger partial charge in [-0.1, -0.05) is 36.4 Å². The lowest BCUT2D eigenvalue weighted by atomic mass is 10.1. The van der Waals surface area contributed by atoms with E-state index in [0.717, 1.165) is 11.4 Å². The SMILES string of the molecule is COc1cccc(C(=O)N/N=C/c2cccn2-c2ccc3ccccc3c2)c1. The second-order valence-corrected chi connectivity index (χ2v) is 6.27. The molecule has 28 heavy (non-hydrogen) atoms. The Hall–Kier alpha value is -3.86. The van der Waals surface area contributed by atoms with Crippen molar-refractivity contribution in [2.75, 3.05) is 7.11 Å². The third-order valence-electron chi connectivity index (χ3n) is 4.49. The second kappa shape index (κ2) is 7.80. The zero-order valence-electron chi connectivity index (χ0n) is 15.4. The molecule has 0 saturated carbocycles. The van der Waals surface area contributed by atoms with E-state index < -0.39 is 0 Å². The fourth-order valence-electron chi connectivity index (χ4n) is 3.05. The van der Waals surface area contributed by atoms with Crippen molar-refractivity contribution < 1.29 is 9.53 Å². The topological polar surface area (TPSA) is 55.6 Å². The summed E-state index contributed by atoms with van der Waals surface area (Å²) < 4.78 is 7.16. The molecule has 0 atom stereocenters. The van der Waals surface area contributed by atoms with Gasteiger partial charge in [-0.05, 0) is 53.2 Å². The summed E-state index contributed by atoms with van der Waals surface area (Å²) in [5.41, 5.74) is 4.94. The molecule has 1 aromatic heterocycles. The van der Waals surface area contributed by atoms with Gasteiger partial charge in [-0.15, -0.1) is 0 Å². The van der Waals surface area contributed by atoms with E-state index in [1.807, 2.05) is 35.0 Å². The summed E-state index contributed by atoms with van der Waals surface area (Å²) in [4.78, 5) is 12.3. The van der Waals surface area contributed by atoms with E-state index in [1.54, 1.807) is 37.6 Å². The predicted molar refractivity (Wildman–Crippen MR) is 111 cm³/mol. The van der Waals surface area contributed by atoms with Gasteiger partial charge in [0.15, 0.2) is 0 Å². The number of carbonyl (C=O) groups is 1. The number of methoxy groups -OCH3 is 1. The molecule has 0 bridgehead atoms. The molecule has 0 aliphatic rings. The van der Waals surface area contributed by atoms with Gasteiger partial charge in [0, 0.05) is 17.4 Å². The Labute approximate surface area is 162 Å². The Morgan fingerprint density at radius 2 is 1.82 bits per heavy atom. The van der Waals surface area contributed by atoms with Gasteiger partial charge >= 0.3 is 0 Å². The monoisotopic (exact) mass is 369 g/mol. The highest BCUT2D eigenvalue weighted by atomic mass is 16.5. The average molecular weight is 369 g/mol. The molecular weight excluding hydrogens is 350 g/mol. The van der Waals surface area contributed by atoms with Crippen molar-refractivity contribution in [3.05, 3.63) is 96.3 Å². The summed E-state index contributed by atoms with van der Waals surface area (Å²) in [6.07, 6.45) is 3.60. The molecular formula is C23H19N3O2. The number of fused-ring (bicyclic) bond motifs is 1. The van der Waals surface area contributed by atoms with Crippen LogP contribution < -0.4 is 10.2 Å². The summed E-state index contributed by atoms with van der Waals surface area (Å²) >= 11 is 0. The van der Waals surface area contributed by atoms with Crippen LogP contribution in [0, 0.1) is 0 Å². The van der Waals surface area contributed by atoms with Crippen molar-refractivity contribution in [1.29, 1.82) is 0 Å². The fourth-order valence-corrected chi connectivity index (χ4v) is 3.05. The first-order valence-corrected chi connectivity index (χ1v) is 8.88. The van der Waals surface area contributed by atoms with Crippen LogP contribution in [0.5, 0.6) is 5.75 Å². The van der Waals surface area contributed by atoms with E-state index in [1.165, 1.54) is 10.8 Å². The van der Waals surface area contributed by atoms with Crippen molar-refractivity contribution in [1.82, 2.24) is 9.99 Å². The molecule has 3 aromatic carbocycles. The van der Waals surface area contributed by atoms with E-state index in [4.69, 9.17) is 4.74 Å². The van der Waals surface area contributed by atoms with Gasteiger partial charge in [0.05, 0.1) is 19.0 Å². The second-order valence-electron chi connectivity index (χ2n) is 6.27. The highest BCUT2D eigenvalue weighted by molar-refractivity contribution is 5.95. The van der Waals surface area contributed by atoms with Gasteiger partial charge < -0.3 is 9.30 Å². The molecule has 0 fully saturated rings. The van der Waals surface area contributed by atoms with Crippen molar-refractivity contribution in [3.8, 4) is 11.4 Å². The lowest BCUT2D eigenvalue weighted by molar-refractivity contribution is 0.0955. The van der Waals surface area contributed by atoms with Crippen molar-refractivity contribution >= 4 is 22.9 Å². The van der Waals surface area contributed by atoms with Crippen LogP contribution in [0.4, 0.5) is 0 Å². The van der Waals surface area contributed by atoms with E-state index >= 15 is 0 Å². The highest BCUT2D eigenvalue weighted by Crippen LogP contribution is 2.19. The molecule has 5 nitrogen and oxygen atoms in total. The minimum atomic E-state index is -0.293. The first-order valence-electron chi connectivity index (χ1n) is 8.88. The van der Waals surface area contributed by atoms with Gasteiger partial charge in [-0.3, -0.25) is 4.79 Å².